The molecule has 1 aliphatic carbocycles. The van der Waals surface area contributed by atoms with Gasteiger partial charge in [-0.15, -0.1) is 0 Å². The van der Waals surface area contributed by atoms with Crippen LogP contribution in [0.1, 0.15) is 15.9 Å². The molecule has 17 heavy (non-hydrogen) atoms. The summed E-state index contributed by atoms with van der Waals surface area (Å²) >= 11 is 0. The Labute approximate surface area is 97.2 Å². The molecule has 0 amide bonds. The molecule has 0 saturated carbocycles. The zero-order chi connectivity index (χ0) is 12.0. The second-order valence-corrected chi connectivity index (χ2v) is 3.88. The van der Waals surface area contributed by atoms with Crippen molar-refractivity contribution in [2.75, 3.05) is 0 Å². The van der Waals surface area contributed by atoms with Gasteiger partial charge in [0.15, 0.2) is 5.78 Å². The molecule has 0 aromatic heterocycles. The molecule has 0 radical (unpaired) electrons. The van der Waals surface area contributed by atoms with Gasteiger partial charge in [0.2, 0.25) is 0 Å². The number of hydrogen-bond donors (Lipinski definition) is 2. The normalized spacial score (nSPS) is 12.2. The first-order valence-corrected chi connectivity index (χ1v) is 5.09. The first kappa shape index (κ1) is 9.86. The smallest absolute Gasteiger partial charge is 0.194 e. The van der Waals surface area contributed by atoms with E-state index in [-0.39, 0.29) is 11.5 Å². The molecule has 3 N–H and O–H groups in total. The highest BCUT2D eigenvalue weighted by atomic mass is 16.6. The Balaban J connectivity index is 2.28. The number of rotatable bonds is 1. The number of fused-ring (bicyclic) bond motifs is 3. The minimum absolute atomic E-state index is 0.0751. The van der Waals surface area contributed by atoms with Crippen molar-refractivity contribution >= 4 is 5.78 Å². The maximum absolute atomic E-state index is 12.1. The van der Waals surface area contributed by atoms with Crippen LogP contribution in [-0.4, -0.2) is 10.9 Å². The van der Waals surface area contributed by atoms with Crippen LogP contribution in [0.5, 0.6) is 11.5 Å². The predicted molar refractivity (Wildman–Crippen MR) is 61.8 cm³/mol. The number of aromatic hydroxyl groups is 1. The lowest BCUT2D eigenvalue weighted by Gasteiger charge is -2.02. The van der Waals surface area contributed by atoms with Gasteiger partial charge >= 0.3 is 0 Å². The molecule has 0 bridgehead atoms. The summed E-state index contributed by atoms with van der Waals surface area (Å²) in [5.41, 5.74) is 2.68. The van der Waals surface area contributed by atoms with Crippen molar-refractivity contribution in [2.24, 2.45) is 5.90 Å². The molecule has 0 fully saturated rings. The Hall–Kier alpha value is -2.33. The molecule has 4 nitrogen and oxygen atoms in total. The molecule has 0 unspecified atom stereocenters. The fraction of sp³-hybridized carbons (Fsp3) is 0. The zero-order valence-electron chi connectivity index (χ0n) is 8.81. The lowest BCUT2D eigenvalue weighted by molar-refractivity contribution is 0.104. The lowest BCUT2D eigenvalue weighted by atomic mass is 10.1. The molecule has 0 heterocycles. The monoisotopic (exact) mass is 227 g/mol. The van der Waals surface area contributed by atoms with Crippen molar-refractivity contribution in [3.05, 3.63) is 47.5 Å². The van der Waals surface area contributed by atoms with Gasteiger partial charge in [-0.1, -0.05) is 0 Å². The predicted octanol–water partition coefficient (Wildman–Crippen LogP) is 1.86. The van der Waals surface area contributed by atoms with E-state index in [1.165, 1.54) is 6.07 Å². The summed E-state index contributed by atoms with van der Waals surface area (Å²) in [6.45, 7) is 0. The number of carbonyl (C=O) groups is 1. The molecule has 2 aromatic rings. The highest BCUT2D eigenvalue weighted by Crippen LogP contribution is 2.39. The van der Waals surface area contributed by atoms with Gasteiger partial charge < -0.3 is 9.94 Å². The van der Waals surface area contributed by atoms with E-state index in [4.69, 9.17) is 5.90 Å². The summed E-state index contributed by atoms with van der Waals surface area (Å²) in [5.74, 6) is 5.57. The molecule has 0 aliphatic heterocycles. The van der Waals surface area contributed by atoms with Crippen molar-refractivity contribution < 1.29 is 14.7 Å². The van der Waals surface area contributed by atoms with Gasteiger partial charge in [-0.05, 0) is 47.5 Å². The molecule has 0 spiro atoms. The van der Waals surface area contributed by atoms with Gasteiger partial charge in [0, 0.05) is 11.1 Å². The summed E-state index contributed by atoms with van der Waals surface area (Å²) in [6, 6.07) is 9.77. The van der Waals surface area contributed by atoms with E-state index in [9.17, 15) is 9.90 Å². The van der Waals surface area contributed by atoms with Crippen molar-refractivity contribution in [2.45, 2.75) is 0 Å². The maximum atomic E-state index is 12.1. The Bertz CT molecular complexity index is 635. The standard InChI is InChI=1S/C13H9NO3/c14-17-8-2-4-9-11-5-7(15)1-3-10(11)13(16)12(9)6-8/h1-6,15H,14H2. The third-order valence-corrected chi connectivity index (χ3v) is 2.91. The number of carbonyl (C=O) groups excluding carboxylic acids is 1. The minimum atomic E-state index is -0.0751. The van der Waals surface area contributed by atoms with E-state index in [0.29, 0.717) is 16.9 Å². The second kappa shape index (κ2) is 3.33. The topological polar surface area (TPSA) is 72.5 Å². The third kappa shape index (κ3) is 1.31. The molecule has 0 saturated heterocycles. The summed E-state index contributed by atoms with van der Waals surface area (Å²) in [7, 11) is 0. The summed E-state index contributed by atoms with van der Waals surface area (Å²) < 4.78 is 0. The van der Waals surface area contributed by atoms with Crippen molar-refractivity contribution in [3.8, 4) is 22.6 Å². The average molecular weight is 227 g/mol. The van der Waals surface area contributed by atoms with Crippen LogP contribution in [0.3, 0.4) is 0 Å². The van der Waals surface area contributed by atoms with Gasteiger partial charge in [0.1, 0.15) is 11.5 Å². The number of benzene rings is 2. The van der Waals surface area contributed by atoms with Crippen LogP contribution >= 0.6 is 0 Å². The molecule has 84 valence electrons. The SMILES string of the molecule is NOc1ccc2c(c1)C(=O)c1ccc(O)cc1-2. The summed E-state index contributed by atoms with van der Waals surface area (Å²) in [6.07, 6.45) is 0. The van der Waals surface area contributed by atoms with Gasteiger partial charge in [0.25, 0.3) is 0 Å². The van der Waals surface area contributed by atoms with Crippen molar-refractivity contribution in [1.29, 1.82) is 0 Å². The van der Waals surface area contributed by atoms with Gasteiger partial charge in [-0.2, -0.15) is 5.90 Å². The fourth-order valence-electron chi connectivity index (χ4n) is 2.12. The second-order valence-electron chi connectivity index (χ2n) is 3.88. The molecular weight excluding hydrogens is 218 g/mol. The molecular formula is C13H9NO3. The van der Waals surface area contributed by atoms with E-state index in [2.05, 4.69) is 4.84 Å². The van der Waals surface area contributed by atoms with E-state index >= 15 is 0 Å². The Morgan fingerprint density at radius 3 is 2.47 bits per heavy atom. The van der Waals surface area contributed by atoms with Crippen LogP contribution in [0, 0.1) is 0 Å². The van der Waals surface area contributed by atoms with Crippen LogP contribution in [-0.2, 0) is 0 Å². The first-order valence-electron chi connectivity index (χ1n) is 5.09. The quantitative estimate of drug-likeness (QED) is 0.622. The minimum Gasteiger partial charge on any atom is -0.508 e. The maximum Gasteiger partial charge on any atom is 0.194 e. The molecule has 1 aliphatic rings. The van der Waals surface area contributed by atoms with E-state index in [0.717, 1.165) is 11.1 Å². The van der Waals surface area contributed by atoms with Gasteiger partial charge in [-0.3, -0.25) is 4.79 Å². The number of phenolic OH excluding ortho intramolecular Hbond substituents is 1. The Morgan fingerprint density at radius 1 is 0.941 bits per heavy atom. The van der Waals surface area contributed by atoms with Gasteiger partial charge in [0.05, 0.1) is 0 Å². The van der Waals surface area contributed by atoms with Crippen LogP contribution < -0.4 is 10.7 Å². The zero-order valence-corrected chi connectivity index (χ0v) is 8.81. The van der Waals surface area contributed by atoms with E-state index in [1.807, 2.05) is 0 Å². The first-order chi connectivity index (χ1) is 8.20. The lowest BCUT2D eigenvalue weighted by Crippen LogP contribution is -2.03. The number of nitrogens with two attached hydrogens (primary N) is 1. The van der Waals surface area contributed by atoms with E-state index in [1.54, 1.807) is 30.3 Å². The molecule has 4 heteroatoms. The highest BCUT2D eigenvalue weighted by molar-refractivity contribution is 6.22. The third-order valence-electron chi connectivity index (χ3n) is 2.91. The van der Waals surface area contributed by atoms with Crippen molar-refractivity contribution in [3.63, 3.8) is 0 Å². The van der Waals surface area contributed by atoms with E-state index < -0.39 is 0 Å². The fourth-order valence-corrected chi connectivity index (χ4v) is 2.12. The molecule has 0 atom stereocenters. The average Bonchev–Trinajstić information content (AvgIpc) is 2.62. The van der Waals surface area contributed by atoms with Crippen LogP contribution in [0.15, 0.2) is 36.4 Å². The number of hydrogen-bond acceptors (Lipinski definition) is 4. The van der Waals surface area contributed by atoms with Crippen molar-refractivity contribution in [1.82, 2.24) is 0 Å². The van der Waals surface area contributed by atoms with Gasteiger partial charge in [-0.25, -0.2) is 0 Å². The number of ketones is 1. The van der Waals surface area contributed by atoms with Crippen LogP contribution in [0.4, 0.5) is 0 Å². The summed E-state index contributed by atoms with van der Waals surface area (Å²) in [5, 5.41) is 9.45. The highest BCUT2D eigenvalue weighted by Gasteiger charge is 2.27. The summed E-state index contributed by atoms with van der Waals surface area (Å²) in [4.78, 5) is 16.7. The molecule has 2 aromatic carbocycles. The molecule has 3 rings (SSSR count). The Kier molecular flexibility index (Phi) is 1.93. The number of phenols is 1. The Morgan fingerprint density at radius 2 is 1.71 bits per heavy atom. The van der Waals surface area contributed by atoms with Crippen LogP contribution in [0.2, 0.25) is 0 Å². The largest absolute Gasteiger partial charge is 0.508 e. The van der Waals surface area contributed by atoms with Crippen LogP contribution in [0.25, 0.3) is 11.1 Å².